The molecule has 0 atom stereocenters. The highest BCUT2D eigenvalue weighted by Gasteiger charge is 2.22. The molecule has 0 aliphatic heterocycles. The molecule has 0 radical (unpaired) electrons. The first kappa shape index (κ1) is 24.1. The summed E-state index contributed by atoms with van der Waals surface area (Å²) < 4.78 is 10.1. The first-order valence-corrected chi connectivity index (χ1v) is 11.7. The van der Waals surface area contributed by atoms with Crippen LogP contribution in [0.1, 0.15) is 59.3 Å². The number of ether oxygens (including phenoxy) is 2. The third-order valence-electron chi connectivity index (χ3n) is 3.13. The maximum Gasteiger partial charge on any atom is 0.315 e. The van der Waals surface area contributed by atoms with Gasteiger partial charge in [-0.25, -0.2) is 0 Å². The molecule has 0 aromatic rings. The van der Waals surface area contributed by atoms with Gasteiger partial charge in [-0.2, -0.15) is 0 Å². The van der Waals surface area contributed by atoms with Gasteiger partial charge in [-0.15, -0.1) is 23.5 Å². The van der Waals surface area contributed by atoms with E-state index in [-0.39, 0.29) is 16.0 Å². The second-order valence-corrected chi connectivity index (χ2v) is 10.1. The molecule has 0 spiro atoms. The molecule has 0 aromatic carbocycles. The minimum Gasteiger partial charge on any atom is -0.465 e. The number of unbranched alkanes of at least 4 members (excludes halogenated alkanes) is 4. The molecule has 7 heteroatoms. The minimum absolute atomic E-state index is 0.181. The molecule has 24 heavy (non-hydrogen) atoms. The average molecular weight is 443 g/mol. The van der Waals surface area contributed by atoms with Crippen LogP contribution < -0.4 is 0 Å². The quantitative estimate of drug-likeness (QED) is 0.153. The van der Waals surface area contributed by atoms with Crippen molar-refractivity contribution in [2.24, 2.45) is 0 Å². The fourth-order valence-corrected chi connectivity index (χ4v) is 3.84. The van der Waals surface area contributed by atoms with Gasteiger partial charge in [0.1, 0.15) is 0 Å². The van der Waals surface area contributed by atoms with Crippen LogP contribution >= 0.6 is 39.5 Å². The van der Waals surface area contributed by atoms with Gasteiger partial charge >= 0.3 is 11.9 Å². The molecule has 0 unspecified atom stereocenters. The van der Waals surface area contributed by atoms with Crippen molar-refractivity contribution in [2.75, 3.05) is 30.0 Å². The van der Waals surface area contributed by atoms with E-state index < -0.39 is 0 Å². The van der Waals surface area contributed by atoms with Crippen molar-refractivity contribution in [2.45, 2.75) is 63.4 Å². The highest BCUT2D eigenvalue weighted by Crippen LogP contribution is 2.36. The van der Waals surface area contributed by atoms with Crippen molar-refractivity contribution in [1.82, 2.24) is 0 Å². The largest absolute Gasteiger partial charge is 0.465 e. The summed E-state index contributed by atoms with van der Waals surface area (Å²) in [6.07, 6.45) is 6.25. The number of thioether (sulfide) groups is 2. The van der Waals surface area contributed by atoms with Crippen molar-refractivity contribution in [3.05, 3.63) is 0 Å². The smallest absolute Gasteiger partial charge is 0.315 e. The summed E-state index contributed by atoms with van der Waals surface area (Å²) >= 11 is 6.40. The van der Waals surface area contributed by atoms with Gasteiger partial charge in [0, 0.05) is 5.33 Å². The van der Waals surface area contributed by atoms with Gasteiger partial charge in [0.25, 0.3) is 0 Å². The number of rotatable bonds is 15. The Labute approximate surface area is 163 Å². The van der Waals surface area contributed by atoms with E-state index in [0.717, 1.165) is 43.9 Å². The van der Waals surface area contributed by atoms with Crippen LogP contribution in [0.2, 0.25) is 0 Å². The maximum atomic E-state index is 11.7. The molecule has 0 saturated heterocycles. The van der Waals surface area contributed by atoms with Crippen LogP contribution in [-0.2, 0) is 19.1 Å². The lowest BCUT2D eigenvalue weighted by atomic mass is 10.2. The summed E-state index contributed by atoms with van der Waals surface area (Å²) in [5, 5.41) is 1.03. The molecule has 0 rings (SSSR count). The second kappa shape index (κ2) is 15.4. The third-order valence-corrected chi connectivity index (χ3v) is 6.55. The monoisotopic (exact) mass is 442 g/mol. The molecule has 0 aliphatic rings. The van der Waals surface area contributed by atoms with E-state index in [1.165, 1.54) is 23.5 Å². The molecule has 0 saturated carbocycles. The standard InChI is InChI=1S/C17H31BrO4S2/c1-4-5-11-21-15(19)13-23-17(2,3)24-14-16(20)22-12-9-7-6-8-10-18/h4-14H2,1-3H3. The normalized spacial score (nSPS) is 11.3. The Morgan fingerprint density at radius 2 is 1.38 bits per heavy atom. The first-order chi connectivity index (χ1) is 11.4. The summed E-state index contributed by atoms with van der Waals surface area (Å²) in [5.74, 6) is 0.256. The SMILES string of the molecule is CCCCOC(=O)CSC(C)(C)SCC(=O)OCCCCCCBr. The van der Waals surface area contributed by atoms with Crippen LogP contribution in [-0.4, -0.2) is 46.1 Å². The van der Waals surface area contributed by atoms with E-state index in [1.807, 2.05) is 13.8 Å². The van der Waals surface area contributed by atoms with E-state index >= 15 is 0 Å². The van der Waals surface area contributed by atoms with E-state index in [9.17, 15) is 9.59 Å². The topological polar surface area (TPSA) is 52.6 Å². The predicted octanol–water partition coefficient (Wildman–Crippen LogP) is 5.03. The lowest BCUT2D eigenvalue weighted by Gasteiger charge is -2.22. The Hall–Kier alpha value is 0.120. The molecule has 0 aromatic heterocycles. The summed E-state index contributed by atoms with van der Waals surface area (Å²) in [7, 11) is 0. The summed E-state index contributed by atoms with van der Waals surface area (Å²) in [6, 6.07) is 0. The number of carbonyl (C=O) groups is 2. The lowest BCUT2D eigenvalue weighted by Crippen LogP contribution is -2.19. The Balaban J connectivity index is 3.73. The van der Waals surface area contributed by atoms with Crippen LogP contribution in [0.5, 0.6) is 0 Å². The molecule has 0 bridgehead atoms. The summed E-state index contributed by atoms with van der Waals surface area (Å²) in [6.45, 7) is 7.07. The van der Waals surface area contributed by atoms with Gasteiger partial charge in [0.15, 0.2) is 0 Å². The van der Waals surface area contributed by atoms with Gasteiger partial charge in [0.2, 0.25) is 0 Å². The fourth-order valence-electron chi connectivity index (χ4n) is 1.66. The van der Waals surface area contributed by atoms with Gasteiger partial charge in [-0.3, -0.25) is 9.59 Å². The number of hydrogen-bond donors (Lipinski definition) is 0. The second-order valence-electron chi connectivity index (χ2n) is 5.87. The van der Waals surface area contributed by atoms with Gasteiger partial charge in [-0.05, 0) is 33.1 Å². The Bertz CT molecular complexity index is 351. The molecular weight excluding hydrogens is 412 g/mol. The van der Waals surface area contributed by atoms with Gasteiger partial charge in [-0.1, -0.05) is 42.1 Å². The van der Waals surface area contributed by atoms with E-state index in [2.05, 4.69) is 22.9 Å². The van der Waals surface area contributed by atoms with Crippen molar-refractivity contribution in [3.8, 4) is 0 Å². The number of halogens is 1. The van der Waals surface area contributed by atoms with E-state index in [0.29, 0.717) is 24.7 Å². The highest BCUT2D eigenvalue weighted by atomic mass is 79.9. The Morgan fingerprint density at radius 3 is 1.88 bits per heavy atom. The minimum atomic E-state index is -0.224. The number of esters is 2. The van der Waals surface area contributed by atoms with Gasteiger partial charge < -0.3 is 9.47 Å². The van der Waals surface area contributed by atoms with Crippen molar-refractivity contribution in [1.29, 1.82) is 0 Å². The summed E-state index contributed by atoms with van der Waals surface area (Å²) in [4.78, 5) is 23.3. The molecule has 0 aliphatic carbocycles. The molecule has 142 valence electrons. The molecule has 0 amide bonds. The molecule has 0 N–H and O–H groups in total. The van der Waals surface area contributed by atoms with Crippen LogP contribution in [0.3, 0.4) is 0 Å². The van der Waals surface area contributed by atoms with Crippen molar-refractivity contribution >= 4 is 51.4 Å². The molecule has 0 heterocycles. The molecular formula is C17H31BrO4S2. The van der Waals surface area contributed by atoms with Gasteiger partial charge in [0.05, 0.1) is 28.8 Å². The van der Waals surface area contributed by atoms with E-state index in [1.54, 1.807) is 0 Å². The number of alkyl halides is 1. The zero-order valence-electron chi connectivity index (χ0n) is 15.1. The van der Waals surface area contributed by atoms with Crippen LogP contribution in [0, 0.1) is 0 Å². The van der Waals surface area contributed by atoms with Crippen LogP contribution in [0.15, 0.2) is 0 Å². The van der Waals surface area contributed by atoms with Crippen molar-refractivity contribution in [3.63, 3.8) is 0 Å². The zero-order chi connectivity index (χ0) is 18.3. The Morgan fingerprint density at radius 1 is 0.875 bits per heavy atom. The molecule has 0 fully saturated rings. The first-order valence-electron chi connectivity index (χ1n) is 8.56. The zero-order valence-corrected chi connectivity index (χ0v) is 18.3. The predicted molar refractivity (Wildman–Crippen MR) is 108 cm³/mol. The number of carbonyl (C=O) groups excluding carboxylic acids is 2. The summed E-state index contributed by atoms with van der Waals surface area (Å²) in [5.41, 5.74) is 0. The number of hydrogen-bond acceptors (Lipinski definition) is 6. The average Bonchev–Trinajstić information content (AvgIpc) is 2.55. The molecule has 4 nitrogen and oxygen atoms in total. The third kappa shape index (κ3) is 15.6. The Kier molecular flexibility index (Phi) is 15.5. The highest BCUT2D eigenvalue weighted by molar-refractivity contribution is 9.09. The maximum absolute atomic E-state index is 11.7. The van der Waals surface area contributed by atoms with Crippen LogP contribution in [0.4, 0.5) is 0 Å². The lowest BCUT2D eigenvalue weighted by molar-refractivity contribution is -0.141. The van der Waals surface area contributed by atoms with E-state index in [4.69, 9.17) is 9.47 Å². The fraction of sp³-hybridized carbons (Fsp3) is 0.882. The van der Waals surface area contributed by atoms with Crippen LogP contribution in [0.25, 0.3) is 0 Å². The van der Waals surface area contributed by atoms with Crippen molar-refractivity contribution < 1.29 is 19.1 Å².